The highest BCUT2D eigenvalue weighted by molar-refractivity contribution is 4.84. The van der Waals surface area contributed by atoms with Gasteiger partial charge in [0.25, 0.3) is 0 Å². The van der Waals surface area contributed by atoms with Gasteiger partial charge in [0.2, 0.25) is 0 Å². The predicted octanol–water partition coefficient (Wildman–Crippen LogP) is 0.0510. The molecule has 0 aromatic heterocycles. The molecule has 72 valence electrons. The van der Waals surface area contributed by atoms with Crippen molar-refractivity contribution in [1.82, 2.24) is 10.2 Å². The summed E-state index contributed by atoms with van der Waals surface area (Å²) in [5.41, 5.74) is 0. The second-order valence-corrected chi connectivity index (χ2v) is 3.93. The van der Waals surface area contributed by atoms with Crippen LogP contribution in [0.5, 0.6) is 0 Å². The van der Waals surface area contributed by atoms with Crippen LogP contribution in [0, 0.1) is 0 Å². The second kappa shape index (κ2) is 4.80. The Balaban J connectivity index is 1.83. The predicted molar refractivity (Wildman–Crippen MR) is 50.2 cm³/mol. The van der Waals surface area contributed by atoms with Crippen LogP contribution in [0.3, 0.4) is 0 Å². The van der Waals surface area contributed by atoms with Crippen molar-refractivity contribution in [3.05, 3.63) is 0 Å². The molecule has 0 amide bonds. The van der Waals surface area contributed by atoms with Crippen LogP contribution in [0.2, 0.25) is 0 Å². The summed E-state index contributed by atoms with van der Waals surface area (Å²) in [6.07, 6.45) is 3.06. The van der Waals surface area contributed by atoms with Crippen molar-refractivity contribution < 1.29 is 5.11 Å². The van der Waals surface area contributed by atoms with E-state index >= 15 is 0 Å². The molecule has 0 radical (unpaired) electrons. The summed E-state index contributed by atoms with van der Waals surface area (Å²) in [6, 6.07) is 0.585. The zero-order chi connectivity index (χ0) is 8.97. The van der Waals surface area contributed by atoms with Gasteiger partial charge in [0, 0.05) is 6.04 Å². The summed E-state index contributed by atoms with van der Waals surface area (Å²) in [5, 5.41) is 12.4. The molecular weight excluding hydrogens is 152 g/mol. The first-order valence-electron chi connectivity index (χ1n) is 4.74. The maximum absolute atomic E-state index is 9.01. The summed E-state index contributed by atoms with van der Waals surface area (Å²) < 4.78 is 0. The van der Waals surface area contributed by atoms with Gasteiger partial charge in [-0.05, 0) is 46.4 Å². The van der Waals surface area contributed by atoms with Crippen molar-refractivity contribution in [1.29, 1.82) is 0 Å². The Bertz CT molecular complexity index is 122. The smallest absolute Gasteiger partial charge is 0.0570 e. The number of hydrogen-bond donors (Lipinski definition) is 2. The fourth-order valence-corrected chi connectivity index (χ4v) is 1.46. The second-order valence-electron chi connectivity index (χ2n) is 3.93. The number of hydrogen-bond acceptors (Lipinski definition) is 3. The molecule has 0 atom stereocenters. The summed E-state index contributed by atoms with van der Waals surface area (Å²) in [5.74, 6) is 0. The molecule has 0 unspecified atom stereocenters. The first-order valence-corrected chi connectivity index (χ1v) is 4.74. The van der Waals surface area contributed by atoms with E-state index in [2.05, 4.69) is 24.3 Å². The molecule has 1 rings (SSSR count). The Morgan fingerprint density at radius 3 is 2.58 bits per heavy atom. The van der Waals surface area contributed by atoms with Crippen molar-refractivity contribution in [3.63, 3.8) is 0 Å². The van der Waals surface area contributed by atoms with E-state index in [4.69, 9.17) is 5.11 Å². The minimum atomic E-state index is -0.0312. The van der Waals surface area contributed by atoms with Gasteiger partial charge in [0.05, 0.1) is 6.10 Å². The first kappa shape index (κ1) is 9.96. The minimum absolute atomic E-state index is 0.0312. The average molecular weight is 172 g/mol. The molecule has 0 saturated heterocycles. The molecule has 3 heteroatoms. The maximum atomic E-state index is 9.01. The molecular formula is C9H20N2O. The van der Waals surface area contributed by atoms with Crippen molar-refractivity contribution in [3.8, 4) is 0 Å². The molecule has 0 bridgehead atoms. The molecule has 0 aromatic carbocycles. The van der Waals surface area contributed by atoms with E-state index in [1.807, 2.05) is 0 Å². The maximum Gasteiger partial charge on any atom is 0.0570 e. The van der Waals surface area contributed by atoms with E-state index < -0.39 is 0 Å². The fourth-order valence-electron chi connectivity index (χ4n) is 1.46. The Labute approximate surface area is 74.8 Å². The lowest BCUT2D eigenvalue weighted by Gasteiger charge is -2.32. The van der Waals surface area contributed by atoms with Gasteiger partial charge in [0.1, 0.15) is 0 Å². The number of nitrogens with one attached hydrogen (secondary N) is 1. The Morgan fingerprint density at radius 2 is 2.08 bits per heavy atom. The molecule has 0 spiro atoms. The van der Waals surface area contributed by atoms with Crippen LogP contribution < -0.4 is 5.32 Å². The lowest BCUT2D eigenvalue weighted by Crippen LogP contribution is -2.44. The number of aliphatic hydroxyl groups excluding tert-OH is 1. The highest BCUT2D eigenvalue weighted by Crippen LogP contribution is 2.18. The van der Waals surface area contributed by atoms with Gasteiger partial charge in [-0.2, -0.15) is 0 Å². The number of aliphatic hydroxyl groups is 1. The van der Waals surface area contributed by atoms with Gasteiger partial charge in [-0.15, -0.1) is 0 Å². The van der Waals surface area contributed by atoms with Gasteiger partial charge < -0.3 is 15.3 Å². The van der Waals surface area contributed by atoms with Crippen molar-refractivity contribution in [2.45, 2.75) is 31.4 Å². The molecule has 1 saturated carbocycles. The van der Waals surface area contributed by atoms with E-state index in [0.717, 1.165) is 25.9 Å². The zero-order valence-electron chi connectivity index (χ0n) is 8.08. The van der Waals surface area contributed by atoms with Gasteiger partial charge in [-0.25, -0.2) is 0 Å². The summed E-state index contributed by atoms with van der Waals surface area (Å²) >= 11 is 0. The third kappa shape index (κ3) is 3.52. The third-order valence-corrected chi connectivity index (χ3v) is 2.33. The van der Waals surface area contributed by atoms with Crippen molar-refractivity contribution in [2.24, 2.45) is 0 Å². The number of rotatable bonds is 5. The van der Waals surface area contributed by atoms with E-state index in [9.17, 15) is 0 Å². The molecule has 3 nitrogen and oxygen atoms in total. The zero-order valence-corrected chi connectivity index (χ0v) is 8.08. The number of nitrogens with zero attached hydrogens (tertiary/aromatic N) is 1. The van der Waals surface area contributed by atoms with Crippen LogP contribution in [0.25, 0.3) is 0 Å². The van der Waals surface area contributed by atoms with Crippen molar-refractivity contribution in [2.75, 3.05) is 27.2 Å². The van der Waals surface area contributed by atoms with Gasteiger partial charge in [-0.1, -0.05) is 0 Å². The molecule has 0 heterocycles. The SMILES string of the molecule is CN(C)CCCNC1CC(O)C1. The van der Waals surface area contributed by atoms with Crippen molar-refractivity contribution >= 4 is 0 Å². The lowest BCUT2D eigenvalue weighted by atomic mass is 9.89. The average Bonchev–Trinajstić information content (AvgIpc) is 1.93. The molecule has 2 N–H and O–H groups in total. The van der Waals surface area contributed by atoms with E-state index in [-0.39, 0.29) is 6.10 Å². The Hall–Kier alpha value is -0.120. The quantitative estimate of drug-likeness (QED) is 0.575. The van der Waals surface area contributed by atoms with Gasteiger partial charge in [-0.3, -0.25) is 0 Å². The van der Waals surface area contributed by atoms with Crippen LogP contribution >= 0.6 is 0 Å². The van der Waals surface area contributed by atoms with E-state index in [1.54, 1.807) is 0 Å². The Kier molecular flexibility index (Phi) is 3.98. The van der Waals surface area contributed by atoms with E-state index in [0.29, 0.717) is 6.04 Å². The lowest BCUT2D eigenvalue weighted by molar-refractivity contribution is 0.0624. The van der Waals surface area contributed by atoms with Gasteiger partial charge in [0.15, 0.2) is 0 Å². The summed E-state index contributed by atoms with van der Waals surface area (Å²) in [4.78, 5) is 2.19. The molecule has 0 aliphatic heterocycles. The summed E-state index contributed by atoms with van der Waals surface area (Å²) in [6.45, 7) is 2.22. The van der Waals surface area contributed by atoms with Crippen LogP contribution in [0.1, 0.15) is 19.3 Å². The van der Waals surface area contributed by atoms with E-state index in [1.165, 1.54) is 6.42 Å². The standard InChI is InChI=1S/C9H20N2O/c1-11(2)5-3-4-10-8-6-9(12)7-8/h8-10,12H,3-7H2,1-2H3. The largest absolute Gasteiger partial charge is 0.393 e. The normalized spacial score (nSPS) is 29.0. The highest BCUT2D eigenvalue weighted by Gasteiger charge is 2.25. The summed E-state index contributed by atoms with van der Waals surface area (Å²) in [7, 11) is 4.18. The Morgan fingerprint density at radius 1 is 1.42 bits per heavy atom. The topological polar surface area (TPSA) is 35.5 Å². The molecule has 0 aromatic rings. The third-order valence-electron chi connectivity index (χ3n) is 2.33. The first-order chi connectivity index (χ1) is 5.68. The van der Waals surface area contributed by atoms with Gasteiger partial charge >= 0.3 is 0 Å². The van der Waals surface area contributed by atoms with Crippen LogP contribution in [0.15, 0.2) is 0 Å². The molecule has 1 aliphatic rings. The minimum Gasteiger partial charge on any atom is -0.393 e. The monoisotopic (exact) mass is 172 g/mol. The van der Waals surface area contributed by atoms with Crippen LogP contribution in [0.4, 0.5) is 0 Å². The molecule has 12 heavy (non-hydrogen) atoms. The fraction of sp³-hybridized carbons (Fsp3) is 1.00. The van der Waals surface area contributed by atoms with Crippen LogP contribution in [-0.2, 0) is 0 Å². The molecule has 1 fully saturated rings. The highest BCUT2D eigenvalue weighted by atomic mass is 16.3. The molecule has 1 aliphatic carbocycles. The van der Waals surface area contributed by atoms with Crippen LogP contribution in [-0.4, -0.2) is 49.3 Å².